The van der Waals surface area contributed by atoms with Crippen LogP contribution in [0.5, 0.6) is 23.0 Å². The van der Waals surface area contributed by atoms with E-state index in [0.29, 0.717) is 34.1 Å². The Balaban J connectivity index is 1.72. The van der Waals surface area contributed by atoms with Gasteiger partial charge in [0, 0.05) is 22.3 Å². The van der Waals surface area contributed by atoms with Crippen LogP contribution >= 0.6 is 0 Å². The summed E-state index contributed by atoms with van der Waals surface area (Å²) in [5.74, 6) is -0.267. The van der Waals surface area contributed by atoms with E-state index in [0.717, 1.165) is 0 Å². The van der Waals surface area contributed by atoms with Gasteiger partial charge in [0.15, 0.2) is 0 Å². The predicted molar refractivity (Wildman–Crippen MR) is 224 cm³/mol. The monoisotopic (exact) mass is 792 g/mol. The topological polar surface area (TPSA) is 141 Å². The van der Waals surface area contributed by atoms with Gasteiger partial charge in [0.05, 0.1) is 40.5 Å². The summed E-state index contributed by atoms with van der Waals surface area (Å²) in [5, 5.41) is 28.7. The van der Waals surface area contributed by atoms with Crippen molar-refractivity contribution in [2.75, 3.05) is 28.4 Å². The molecule has 10 heteroatoms. The van der Waals surface area contributed by atoms with E-state index in [1.54, 1.807) is 146 Å². The van der Waals surface area contributed by atoms with Gasteiger partial charge in [-0.3, -0.25) is 9.59 Å². The van der Waals surface area contributed by atoms with Crippen LogP contribution in [0.25, 0.3) is 0 Å². The Morgan fingerprint density at radius 1 is 0.508 bits per heavy atom. The quantitative estimate of drug-likeness (QED) is 0.0859. The molecule has 7 rings (SSSR count). The van der Waals surface area contributed by atoms with E-state index in [1.165, 1.54) is 33.3 Å². The molecule has 302 valence electrons. The van der Waals surface area contributed by atoms with E-state index in [1.807, 2.05) is 12.1 Å². The minimum atomic E-state index is -2.24. The Kier molecular flexibility index (Phi) is 11.5. The third kappa shape index (κ3) is 6.94. The van der Waals surface area contributed by atoms with E-state index >= 15 is 4.79 Å². The number of ether oxygens (including phenoxy) is 4. The lowest BCUT2D eigenvalue weighted by Crippen LogP contribution is -2.57. The third-order valence-electron chi connectivity index (χ3n) is 11.5. The molecule has 0 spiro atoms. The summed E-state index contributed by atoms with van der Waals surface area (Å²) in [6.07, 6.45) is 0.314. The zero-order valence-corrected chi connectivity index (χ0v) is 33.4. The number of amides is 2. The molecule has 2 atom stereocenters. The van der Waals surface area contributed by atoms with Gasteiger partial charge in [0.25, 0.3) is 0 Å². The number of hydrogen-bond donors (Lipinski definition) is 3. The van der Waals surface area contributed by atoms with E-state index in [4.69, 9.17) is 24.7 Å². The molecule has 1 aliphatic rings. The lowest BCUT2D eigenvalue weighted by molar-refractivity contribution is -0.163. The number of hydrogen-bond acceptors (Lipinski definition) is 8. The maximum atomic E-state index is 16.2. The Morgan fingerprint density at radius 3 is 1.03 bits per heavy atom. The normalized spacial score (nSPS) is 14.3. The van der Waals surface area contributed by atoms with Crippen molar-refractivity contribution < 1.29 is 38.7 Å². The Bertz CT molecular complexity index is 2170. The van der Waals surface area contributed by atoms with E-state index < -0.39 is 40.5 Å². The number of nitrogens with two attached hydrogens (primary N) is 1. The lowest BCUT2D eigenvalue weighted by Gasteiger charge is -2.52. The van der Waals surface area contributed by atoms with Gasteiger partial charge in [0.2, 0.25) is 11.8 Å². The van der Waals surface area contributed by atoms with Gasteiger partial charge in [-0.1, -0.05) is 133 Å². The minimum Gasteiger partial charge on any atom is -0.496 e. The molecule has 1 aliphatic carbocycles. The average molecular weight is 793 g/mol. The highest BCUT2D eigenvalue weighted by Gasteiger charge is 2.64. The number of para-hydroxylation sites is 4. The number of carbonyl (C=O) groups excluding carboxylic acids is 2. The number of carbonyl (C=O) groups is 2. The summed E-state index contributed by atoms with van der Waals surface area (Å²) >= 11 is 0. The predicted octanol–water partition coefficient (Wildman–Crippen LogP) is 7.47. The number of rotatable bonds is 16. The highest BCUT2D eigenvalue weighted by Crippen LogP contribution is 2.60. The fraction of sp³-hybridized carbons (Fsp3) is 0.224. The first-order chi connectivity index (χ1) is 28.6. The van der Waals surface area contributed by atoms with Crippen LogP contribution in [-0.4, -0.2) is 55.4 Å². The SMILES string of the molecule is COc1ccccc1C(O)(c1ccccc1OC)[C@@H](c1ccccc1)N(C(=O)C1(C(N)=O)CC1)[C@H](c1ccccc1)C(O)(c1ccccc1OC)c1ccccc1OC. The molecule has 0 radical (unpaired) electrons. The standard InChI is InChI=1S/C49H48N2O8/c1-56-39-27-15-11-23-35(39)48(54,36-24-12-16-28-40(36)57-2)43(33-19-7-5-8-20-33)51(46(53)47(31-32-47)45(50)52)44(34-21-9-6-10-22-34)49(55,37-25-13-17-29-41(37)58-3)38-26-14-18-30-42(38)59-4/h5-30,43-44,54-55H,31-32H2,1-4H3,(H2,50,52)/t43-,44-/m1/s1. The smallest absolute Gasteiger partial charge is 0.239 e. The van der Waals surface area contributed by atoms with Crippen molar-refractivity contribution in [3.8, 4) is 23.0 Å². The summed E-state index contributed by atoms with van der Waals surface area (Å²) in [7, 11) is 6.01. The van der Waals surface area contributed by atoms with E-state index in [9.17, 15) is 15.0 Å². The van der Waals surface area contributed by atoms with Crippen molar-refractivity contribution >= 4 is 11.8 Å². The zero-order chi connectivity index (χ0) is 41.8. The fourth-order valence-corrected chi connectivity index (χ4v) is 8.52. The van der Waals surface area contributed by atoms with Crippen LogP contribution in [0.1, 0.15) is 58.3 Å². The molecule has 59 heavy (non-hydrogen) atoms. The fourth-order valence-electron chi connectivity index (χ4n) is 8.52. The molecule has 1 fully saturated rings. The molecule has 0 aromatic heterocycles. The van der Waals surface area contributed by atoms with Gasteiger partial charge in [-0.15, -0.1) is 0 Å². The van der Waals surface area contributed by atoms with E-state index in [2.05, 4.69) is 0 Å². The van der Waals surface area contributed by atoms with Gasteiger partial charge >= 0.3 is 0 Å². The summed E-state index contributed by atoms with van der Waals surface area (Å²) in [4.78, 5) is 31.4. The number of benzene rings is 6. The summed E-state index contributed by atoms with van der Waals surface area (Å²) < 4.78 is 23.9. The summed E-state index contributed by atoms with van der Waals surface area (Å²) in [5.41, 5.74) is 2.12. The molecule has 1 saturated carbocycles. The lowest BCUT2D eigenvalue weighted by atomic mass is 9.70. The zero-order valence-electron chi connectivity index (χ0n) is 33.4. The van der Waals surface area contributed by atoms with Crippen LogP contribution in [0.15, 0.2) is 158 Å². The molecular formula is C49H48N2O8. The average Bonchev–Trinajstić information content (AvgIpc) is 4.12. The molecule has 0 aliphatic heterocycles. The molecule has 0 unspecified atom stereocenters. The van der Waals surface area contributed by atoms with E-state index in [-0.39, 0.29) is 35.1 Å². The van der Waals surface area contributed by atoms with Crippen LogP contribution in [-0.2, 0) is 20.8 Å². The van der Waals surface area contributed by atoms with Gasteiger partial charge in [-0.05, 0) is 48.2 Å². The molecule has 6 aromatic rings. The summed E-state index contributed by atoms with van der Waals surface area (Å²) in [6.45, 7) is 0. The van der Waals surface area contributed by atoms with Crippen molar-refractivity contribution in [2.45, 2.75) is 36.1 Å². The minimum absolute atomic E-state index is 0.157. The Labute approximate surface area is 344 Å². The van der Waals surface area contributed by atoms with Crippen molar-refractivity contribution in [2.24, 2.45) is 11.1 Å². The van der Waals surface area contributed by atoms with Gasteiger partial charge in [0.1, 0.15) is 39.6 Å². The first-order valence-corrected chi connectivity index (χ1v) is 19.3. The van der Waals surface area contributed by atoms with Crippen molar-refractivity contribution in [1.29, 1.82) is 0 Å². The van der Waals surface area contributed by atoms with Crippen LogP contribution in [0.3, 0.4) is 0 Å². The van der Waals surface area contributed by atoms with Gasteiger partial charge in [-0.2, -0.15) is 0 Å². The number of aliphatic hydroxyl groups is 2. The second-order valence-electron chi connectivity index (χ2n) is 14.6. The summed E-state index contributed by atoms with van der Waals surface area (Å²) in [6, 6.07) is 43.3. The highest BCUT2D eigenvalue weighted by molar-refractivity contribution is 6.07. The van der Waals surface area contributed by atoms with Crippen LogP contribution in [0.4, 0.5) is 0 Å². The second-order valence-corrected chi connectivity index (χ2v) is 14.6. The second kappa shape index (κ2) is 16.7. The third-order valence-corrected chi connectivity index (χ3v) is 11.5. The molecule has 2 amide bonds. The van der Waals surface area contributed by atoms with Gasteiger partial charge in [-0.25, -0.2) is 0 Å². The molecule has 10 nitrogen and oxygen atoms in total. The highest BCUT2D eigenvalue weighted by atomic mass is 16.5. The Morgan fingerprint density at radius 2 is 0.780 bits per heavy atom. The number of primary amides is 1. The molecule has 0 bridgehead atoms. The number of nitrogens with zero attached hydrogens (tertiary/aromatic N) is 1. The van der Waals surface area contributed by atoms with Crippen LogP contribution < -0.4 is 24.7 Å². The molecule has 4 N–H and O–H groups in total. The first kappa shape index (κ1) is 40.6. The van der Waals surface area contributed by atoms with Gasteiger partial charge < -0.3 is 39.8 Å². The molecular weight excluding hydrogens is 745 g/mol. The maximum Gasteiger partial charge on any atom is 0.239 e. The molecule has 0 heterocycles. The Hall–Kier alpha value is -6.62. The van der Waals surface area contributed by atoms with Crippen molar-refractivity contribution in [3.63, 3.8) is 0 Å². The van der Waals surface area contributed by atoms with Crippen LogP contribution in [0, 0.1) is 5.41 Å². The van der Waals surface area contributed by atoms with Crippen LogP contribution in [0.2, 0.25) is 0 Å². The largest absolute Gasteiger partial charge is 0.496 e. The number of methoxy groups -OCH3 is 4. The molecule has 6 aromatic carbocycles. The first-order valence-electron chi connectivity index (χ1n) is 19.3. The molecule has 0 saturated heterocycles. The van der Waals surface area contributed by atoms with Crippen molar-refractivity contribution in [1.82, 2.24) is 4.90 Å². The van der Waals surface area contributed by atoms with Crippen molar-refractivity contribution in [3.05, 3.63) is 191 Å². The maximum absolute atomic E-state index is 16.2.